The number of nitro benzene ring substituents is 1. The van der Waals surface area contributed by atoms with Gasteiger partial charge in [0.25, 0.3) is 5.69 Å². The van der Waals surface area contributed by atoms with Crippen LogP contribution >= 0.6 is 11.8 Å². The smallest absolute Gasteiger partial charge is 0.274 e. The first-order valence-electron chi connectivity index (χ1n) is 5.26. The number of anilines is 1. The Hall–Kier alpha value is -1.82. The average Bonchev–Trinajstić information content (AvgIpc) is 2.27. The number of aryl methyl sites for hydroxylation is 1. The molecule has 0 aromatic heterocycles. The highest BCUT2D eigenvalue weighted by Crippen LogP contribution is 2.25. The Kier molecular flexibility index (Phi) is 4.91. The predicted molar refractivity (Wildman–Crippen MR) is 74.4 cm³/mol. The molecule has 0 spiro atoms. The van der Waals surface area contributed by atoms with Gasteiger partial charge < -0.3 is 5.73 Å². The van der Waals surface area contributed by atoms with E-state index in [2.05, 4.69) is 0 Å². The van der Waals surface area contributed by atoms with Gasteiger partial charge in [0.2, 0.25) is 0 Å². The number of nitrogen functional groups attached to an aromatic ring is 1. The van der Waals surface area contributed by atoms with E-state index in [0.29, 0.717) is 17.0 Å². The number of nitrogens with two attached hydrogens (primary N) is 1. The van der Waals surface area contributed by atoms with Gasteiger partial charge in [-0.2, -0.15) is 0 Å². The number of thioether (sulfide) groups is 1. The lowest BCUT2D eigenvalue weighted by molar-refractivity contribution is -0.385. The van der Waals surface area contributed by atoms with Crippen LogP contribution in [0.15, 0.2) is 18.2 Å². The maximum Gasteiger partial charge on any atom is 0.274 e. The van der Waals surface area contributed by atoms with E-state index in [1.165, 1.54) is 24.8 Å². The highest BCUT2D eigenvalue weighted by molar-refractivity contribution is 8.13. The standard InChI is InChI=1S/C12H14N2O3S/c1-8-6-10(4-3-5-18-9(2)15)11(13)7-12(8)14(16)17/h3-4,6-7H,5,13H2,1-2H3. The topological polar surface area (TPSA) is 86.2 Å². The van der Waals surface area contributed by atoms with E-state index in [9.17, 15) is 14.9 Å². The van der Waals surface area contributed by atoms with Crippen molar-refractivity contribution in [1.82, 2.24) is 0 Å². The summed E-state index contributed by atoms with van der Waals surface area (Å²) in [7, 11) is 0. The largest absolute Gasteiger partial charge is 0.398 e. The summed E-state index contributed by atoms with van der Waals surface area (Å²) in [5.41, 5.74) is 7.40. The first-order chi connectivity index (χ1) is 8.41. The summed E-state index contributed by atoms with van der Waals surface area (Å²) in [5, 5.41) is 10.8. The van der Waals surface area contributed by atoms with Crippen molar-refractivity contribution in [2.75, 3.05) is 11.5 Å². The van der Waals surface area contributed by atoms with Crippen molar-refractivity contribution in [3.63, 3.8) is 0 Å². The van der Waals surface area contributed by atoms with Gasteiger partial charge in [0.05, 0.1) is 4.92 Å². The van der Waals surface area contributed by atoms with Gasteiger partial charge in [-0.05, 0) is 18.6 Å². The Bertz CT molecular complexity index is 512. The number of nitrogens with zero attached hydrogens (tertiary/aromatic N) is 1. The Morgan fingerprint density at radius 2 is 2.22 bits per heavy atom. The molecule has 0 unspecified atom stereocenters. The molecule has 1 aromatic carbocycles. The van der Waals surface area contributed by atoms with Gasteiger partial charge in [0, 0.05) is 30.0 Å². The lowest BCUT2D eigenvalue weighted by Gasteiger charge is -2.03. The van der Waals surface area contributed by atoms with E-state index >= 15 is 0 Å². The maximum absolute atomic E-state index is 10.7. The summed E-state index contributed by atoms with van der Waals surface area (Å²) in [6.45, 7) is 3.17. The first kappa shape index (κ1) is 14.2. The van der Waals surface area contributed by atoms with E-state index in [1.807, 2.05) is 6.08 Å². The number of hydrogen-bond acceptors (Lipinski definition) is 5. The van der Waals surface area contributed by atoms with Gasteiger partial charge in [0.1, 0.15) is 0 Å². The Morgan fingerprint density at radius 3 is 2.78 bits per heavy atom. The molecule has 0 aliphatic heterocycles. The molecule has 0 fully saturated rings. The Labute approximate surface area is 109 Å². The minimum absolute atomic E-state index is 0.0164. The van der Waals surface area contributed by atoms with Crippen LogP contribution in [0.1, 0.15) is 18.1 Å². The van der Waals surface area contributed by atoms with Crippen molar-refractivity contribution in [3.05, 3.63) is 39.4 Å². The van der Waals surface area contributed by atoms with Crippen molar-refractivity contribution in [1.29, 1.82) is 0 Å². The highest BCUT2D eigenvalue weighted by Gasteiger charge is 2.12. The van der Waals surface area contributed by atoms with Crippen LogP contribution in [0, 0.1) is 17.0 Å². The summed E-state index contributed by atoms with van der Waals surface area (Å²) in [6.07, 6.45) is 3.57. The number of carbonyl (C=O) groups is 1. The SMILES string of the molecule is CC(=O)SCC=Cc1cc(C)c([N+](=O)[O-])cc1N. The molecule has 1 aromatic rings. The summed E-state index contributed by atoms with van der Waals surface area (Å²) >= 11 is 1.19. The van der Waals surface area contributed by atoms with Crippen LogP contribution in [0.2, 0.25) is 0 Å². The molecule has 2 N–H and O–H groups in total. The lowest BCUT2D eigenvalue weighted by atomic mass is 10.1. The fraction of sp³-hybridized carbons (Fsp3) is 0.250. The highest BCUT2D eigenvalue weighted by atomic mass is 32.2. The fourth-order valence-electron chi connectivity index (χ4n) is 1.42. The normalized spacial score (nSPS) is 10.8. The molecule has 0 heterocycles. The van der Waals surface area contributed by atoms with Crippen LogP contribution in [0.25, 0.3) is 6.08 Å². The molecule has 0 aliphatic rings. The Balaban J connectivity index is 2.88. The summed E-state index contributed by atoms with van der Waals surface area (Å²) in [6, 6.07) is 3.02. The molecule has 0 aliphatic carbocycles. The minimum Gasteiger partial charge on any atom is -0.398 e. The van der Waals surface area contributed by atoms with Crippen molar-refractivity contribution in [2.24, 2.45) is 0 Å². The zero-order valence-electron chi connectivity index (χ0n) is 10.2. The number of benzene rings is 1. The van der Waals surface area contributed by atoms with E-state index in [0.717, 1.165) is 5.56 Å². The van der Waals surface area contributed by atoms with Gasteiger partial charge in [-0.25, -0.2) is 0 Å². The van der Waals surface area contributed by atoms with E-state index in [1.54, 1.807) is 19.1 Å². The zero-order chi connectivity index (χ0) is 13.7. The van der Waals surface area contributed by atoms with Gasteiger partial charge in [-0.1, -0.05) is 23.9 Å². The van der Waals surface area contributed by atoms with Crippen molar-refractivity contribution >= 4 is 34.3 Å². The maximum atomic E-state index is 10.7. The monoisotopic (exact) mass is 266 g/mol. The van der Waals surface area contributed by atoms with Crippen molar-refractivity contribution in [3.8, 4) is 0 Å². The molecule has 18 heavy (non-hydrogen) atoms. The molecule has 0 saturated heterocycles. The van der Waals surface area contributed by atoms with Gasteiger partial charge in [-0.15, -0.1) is 0 Å². The van der Waals surface area contributed by atoms with Gasteiger partial charge >= 0.3 is 0 Å². The third-order valence-electron chi connectivity index (χ3n) is 2.28. The molecule has 0 radical (unpaired) electrons. The van der Waals surface area contributed by atoms with Gasteiger partial charge in [0.15, 0.2) is 5.12 Å². The van der Waals surface area contributed by atoms with E-state index < -0.39 is 4.92 Å². The summed E-state index contributed by atoms with van der Waals surface area (Å²) < 4.78 is 0. The lowest BCUT2D eigenvalue weighted by Crippen LogP contribution is -1.97. The number of nitro groups is 1. The molecular weight excluding hydrogens is 252 g/mol. The van der Waals surface area contributed by atoms with Crippen LogP contribution in [-0.4, -0.2) is 15.8 Å². The predicted octanol–water partition coefficient (Wildman–Crippen LogP) is 2.78. The van der Waals surface area contributed by atoms with Crippen LogP contribution in [0.5, 0.6) is 0 Å². The van der Waals surface area contributed by atoms with Crippen LogP contribution < -0.4 is 5.73 Å². The van der Waals surface area contributed by atoms with E-state index in [4.69, 9.17) is 5.73 Å². The Morgan fingerprint density at radius 1 is 1.56 bits per heavy atom. The number of rotatable bonds is 4. The third kappa shape index (κ3) is 3.89. The second-order valence-corrected chi connectivity index (χ2v) is 4.93. The van der Waals surface area contributed by atoms with E-state index in [-0.39, 0.29) is 10.8 Å². The number of hydrogen-bond donors (Lipinski definition) is 1. The molecule has 0 amide bonds. The summed E-state index contributed by atoms with van der Waals surface area (Å²) in [5.74, 6) is 0.560. The second kappa shape index (κ2) is 6.20. The second-order valence-electron chi connectivity index (χ2n) is 3.73. The fourth-order valence-corrected chi connectivity index (χ4v) is 1.84. The first-order valence-corrected chi connectivity index (χ1v) is 6.24. The van der Waals surface area contributed by atoms with Gasteiger partial charge in [-0.3, -0.25) is 14.9 Å². The molecule has 96 valence electrons. The molecular formula is C12H14N2O3S. The molecule has 5 nitrogen and oxygen atoms in total. The zero-order valence-corrected chi connectivity index (χ0v) is 11.0. The number of carbonyl (C=O) groups excluding carboxylic acids is 1. The average molecular weight is 266 g/mol. The van der Waals surface area contributed by atoms with Crippen LogP contribution in [0.3, 0.4) is 0 Å². The molecule has 0 saturated carbocycles. The third-order valence-corrected chi connectivity index (χ3v) is 3.04. The summed E-state index contributed by atoms with van der Waals surface area (Å²) in [4.78, 5) is 21.0. The molecule has 0 bridgehead atoms. The van der Waals surface area contributed by atoms with Crippen LogP contribution in [0.4, 0.5) is 11.4 Å². The molecule has 0 atom stereocenters. The minimum atomic E-state index is -0.454. The molecule has 1 rings (SSSR count). The van der Waals surface area contributed by atoms with Crippen LogP contribution in [-0.2, 0) is 4.79 Å². The van der Waals surface area contributed by atoms with Crippen molar-refractivity contribution in [2.45, 2.75) is 13.8 Å². The molecule has 6 heteroatoms. The quantitative estimate of drug-likeness (QED) is 0.514. The van der Waals surface area contributed by atoms with Crippen molar-refractivity contribution < 1.29 is 9.72 Å².